The number of aromatic nitrogens is 5. The predicted octanol–water partition coefficient (Wildman–Crippen LogP) is 23.7. The molecule has 102 heavy (non-hydrogen) atoms. The second-order valence-corrected chi connectivity index (χ2v) is 28.0. The van der Waals surface area contributed by atoms with Crippen LogP contribution in [0.1, 0.15) is 44.5 Å². The molecule has 5 nitrogen and oxygen atoms in total. The van der Waals surface area contributed by atoms with Crippen LogP contribution < -0.4 is 0 Å². The van der Waals surface area contributed by atoms with Gasteiger partial charge in [-0.3, -0.25) is 9.97 Å². The molecule has 5 aromatic heterocycles. The Balaban J connectivity index is 0.643. The Labute approximate surface area is 587 Å². The summed E-state index contributed by atoms with van der Waals surface area (Å²) >= 11 is 0. The molecule has 7 heterocycles. The molecule has 14 aromatic carbocycles. The Kier molecular flexibility index (Phi) is 11.2. The fourth-order valence-corrected chi connectivity index (χ4v) is 19.1. The average molecular weight is 1290 g/mol. The van der Waals surface area contributed by atoms with Gasteiger partial charge < -0.3 is 9.13 Å². The lowest BCUT2D eigenvalue weighted by Crippen LogP contribution is -2.33. The van der Waals surface area contributed by atoms with E-state index >= 15 is 0 Å². The van der Waals surface area contributed by atoms with Crippen LogP contribution in [0.5, 0.6) is 0 Å². The summed E-state index contributed by atoms with van der Waals surface area (Å²) in [5.41, 5.74) is 36.8. The summed E-state index contributed by atoms with van der Waals surface area (Å²) in [6.45, 7) is 0. The van der Waals surface area contributed by atoms with Crippen molar-refractivity contribution in [1.82, 2.24) is 24.1 Å². The lowest BCUT2D eigenvalue weighted by atomic mass is 9.65. The van der Waals surface area contributed by atoms with Crippen molar-refractivity contribution in [3.63, 3.8) is 0 Å². The maximum absolute atomic E-state index is 5.60. The minimum Gasteiger partial charge on any atom is -0.309 e. The standard InChI is InChI=1S/C97H57N5/c1-2-22-67(66(21-1)58-38-40-59(41-39-58)86-34-15-16-51-98-86)62-43-47-81-75(54-62)71-25-5-9-30-80(71)96(81)82-31-10-13-36-90(82)102-89-49-45-63(55-76(89)74-27-18-33-84(96)94(74)102)68-50-52-99-93-73(68)46-42-60-44-48-87(100-92(60)93)64-20-17-19-61(53-64)65-56-77-72-26-6-12-35-88(72)101-91-37-14-11-32-83(91)97(85(57-65)95(77)101)78-28-7-3-23-69(78)70-24-4-8-29-79(70)97/h1-57H. The van der Waals surface area contributed by atoms with E-state index in [-0.39, 0.29) is 0 Å². The van der Waals surface area contributed by atoms with Crippen LogP contribution in [-0.2, 0) is 10.8 Å². The SMILES string of the molecule is c1ccc(-c2ccc(-c3ccccc3-c3ccc4c(c3)-c3ccccc3C43c4ccccc4-n4c5ccc(-c6ccnc7c6ccc6ccc(-c8cccc(-c9cc%10c%11c(c9)c9ccccc9n%11-c9ccccc9C%109c%10ccccc%10-c%10ccccc%109)c8)nc67)cc5c5cccc3c54)cc2)nc1. The van der Waals surface area contributed by atoms with Crippen LogP contribution in [0.25, 0.3) is 166 Å². The molecule has 5 heteroatoms. The summed E-state index contributed by atoms with van der Waals surface area (Å²) < 4.78 is 5.08. The van der Waals surface area contributed by atoms with Crippen molar-refractivity contribution >= 4 is 65.4 Å². The molecule has 0 bridgehead atoms. The van der Waals surface area contributed by atoms with E-state index in [1.165, 1.54) is 150 Å². The summed E-state index contributed by atoms with van der Waals surface area (Å²) in [6.07, 6.45) is 3.82. The van der Waals surface area contributed by atoms with Gasteiger partial charge in [0, 0.05) is 55.8 Å². The largest absolute Gasteiger partial charge is 0.309 e. The number of pyridine rings is 3. The number of rotatable bonds is 6. The highest BCUT2D eigenvalue weighted by molar-refractivity contribution is 6.17. The van der Waals surface area contributed by atoms with E-state index < -0.39 is 10.8 Å². The third-order valence-corrected chi connectivity index (χ3v) is 23.2. The highest BCUT2D eigenvalue weighted by Crippen LogP contribution is 2.64. The quantitative estimate of drug-likeness (QED) is 0.156. The number of para-hydroxylation sites is 4. The van der Waals surface area contributed by atoms with Gasteiger partial charge in [-0.25, -0.2) is 4.98 Å². The molecule has 19 aromatic rings. The first-order chi connectivity index (χ1) is 50.6. The van der Waals surface area contributed by atoms with Crippen LogP contribution in [0.15, 0.2) is 346 Å². The Bertz CT molecular complexity index is 6840. The number of fused-ring (bicyclic) bond motifs is 27. The van der Waals surface area contributed by atoms with Crippen LogP contribution in [-0.4, -0.2) is 24.1 Å². The molecule has 2 spiro atoms. The zero-order valence-corrected chi connectivity index (χ0v) is 55.1. The van der Waals surface area contributed by atoms with Crippen LogP contribution in [0.4, 0.5) is 0 Å². The summed E-state index contributed by atoms with van der Waals surface area (Å²) in [4.78, 5) is 15.4. The lowest BCUT2D eigenvalue weighted by Gasteiger charge is -2.39. The zero-order chi connectivity index (χ0) is 66.5. The van der Waals surface area contributed by atoms with E-state index in [1.807, 2.05) is 24.5 Å². The van der Waals surface area contributed by atoms with E-state index in [9.17, 15) is 0 Å². The fourth-order valence-electron chi connectivity index (χ4n) is 19.1. The topological polar surface area (TPSA) is 48.5 Å². The smallest absolute Gasteiger partial charge is 0.0972 e. The van der Waals surface area contributed by atoms with Gasteiger partial charge in [-0.2, -0.15) is 0 Å². The molecular weight excluding hydrogens is 1240 g/mol. The third-order valence-electron chi connectivity index (χ3n) is 23.2. The molecule has 23 rings (SSSR count). The van der Waals surface area contributed by atoms with Crippen molar-refractivity contribution in [3.8, 4) is 101 Å². The van der Waals surface area contributed by atoms with E-state index in [0.717, 1.165) is 61.0 Å². The first kappa shape index (κ1) is 55.6. The highest BCUT2D eigenvalue weighted by atomic mass is 15.0. The van der Waals surface area contributed by atoms with Crippen LogP contribution in [0, 0.1) is 0 Å². The highest BCUT2D eigenvalue weighted by Gasteiger charge is 2.53. The minimum atomic E-state index is -0.580. The maximum Gasteiger partial charge on any atom is 0.0972 e. The van der Waals surface area contributed by atoms with E-state index in [0.29, 0.717) is 0 Å². The number of benzene rings is 14. The van der Waals surface area contributed by atoms with Crippen molar-refractivity contribution < 1.29 is 0 Å². The van der Waals surface area contributed by atoms with Gasteiger partial charge in [0.1, 0.15) is 0 Å². The molecule has 0 saturated heterocycles. The second-order valence-electron chi connectivity index (χ2n) is 28.0. The first-order valence-corrected chi connectivity index (χ1v) is 35.3. The van der Waals surface area contributed by atoms with Gasteiger partial charge in [0.05, 0.1) is 66.7 Å². The van der Waals surface area contributed by atoms with Crippen molar-refractivity contribution in [2.24, 2.45) is 0 Å². The van der Waals surface area contributed by atoms with Gasteiger partial charge in [-0.1, -0.05) is 255 Å². The summed E-state index contributed by atoms with van der Waals surface area (Å²) in [5, 5.41) is 7.04. The second kappa shape index (κ2) is 20.6. The Hall–Kier alpha value is -13.4. The van der Waals surface area contributed by atoms with Crippen molar-refractivity contribution in [2.45, 2.75) is 10.8 Å². The van der Waals surface area contributed by atoms with Crippen molar-refractivity contribution in [1.29, 1.82) is 0 Å². The van der Waals surface area contributed by atoms with Gasteiger partial charge in [0.25, 0.3) is 0 Å². The molecule has 1 atom stereocenters. The molecule has 2 aliphatic heterocycles. The number of hydrogen-bond acceptors (Lipinski definition) is 3. The van der Waals surface area contributed by atoms with Crippen LogP contribution in [0.3, 0.4) is 0 Å². The molecule has 470 valence electrons. The van der Waals surface area contributed by atoms with Crippen LogP contribution >= 0.6 is 0 Å². The predicted molar refractivity (Wildman–Crippen MR) is 418 cm³/mol. The first-order valence-electron chi connectivity index (χ1n) is 35.3. The normalized spacial score (nSPS) is 14.6. The van der Waals surface area contributed by atoms with E-state index in [4.69, 9.17) is 9.97 Å². The van der Waals surface area contributed by atoms with Crippen LogP contribution in [0.2, 0.25) is 0 Å². The zero-order valence-electron chi connectivity index (χ0n) is 55.1. The molecular formula is C97H57N5. The monoisotopic (exact) mass is 1290 g/mol. The Morgan fingerprint density at radius 2 is 0.765 bits per heavy atom. The van der Waals surface area contributed by atoms with Crippen molar-refractivity contribution in [2.75, 3.05) is 0 Å². The van der Waals surface area contributed by atoms with Gasteiger partial charge in [-0.15, -0.1) is 0 Å². The molecule has 0 radical (unpaired) electrons. The van der Waals surface area contributed by atoms with Gasteiger partial charge in [-0.05, 0) is 190 Å². The summed E-state index contributed by atoms with van der Waals surface area (Å²) in [6, 6.07) is 125. The molecule has 0 N–H and O–H groups in total. The fraction of sp³-hybridized carbons (Fsp3) is 0.0206. The van der Waals surface area contributed by atoms with Gasteiger partial charge in [0.2, 0.25) is 0 Å². The lowest BCUT2D eigenvalue weighted by molar-refractivity contribution is 0.748. The van der Waals surface area contributed by atoms with Gasteiger partial charge in [0.15, 0.2) is 0 Å². The maximum atomic E-state index is 5.60. The van der Waals surface area contributed by atoms with E-state index in [1.54, 1.807) is 0 Å². The molecule has 1 unspecified atom stereocenters. The molecule has 4 aliphatic rings. The summed E-state index contributed by atoms with van der Waals surface area (Å²) in [5.74, 6) is 0. The Morgan fingerprint density at radius 1 is 0.225 bits per heavy atom. The molecule has 2 aliphatic carbocycles. The molecule has 0 saturated carbocycles. The number of hydrogen-bond donors (Lipinski definition) is 0. The number of nitrogens with zero attached hydrogens (tertiary/aromatic N) is 5. The summed E-state index contributed by atoms with van der Waals surface area (Å²) in [7, 11) is 0. The third kappa shape index (κ3) is 7.27. The van der Waals surface area contributed by atoms with E-state index in [2.05, 4.69) is 336 Å². The average Bonchev–Trinajstić information content (AvgIpc) is 1.48. The molecule has 0 amide bonds. The molecule has 0 fully saturated rings. The van der Waals surface area contributed by atoms with Gasteiger partial charge >= 0.3 is 0 Å². The minimum absolute atomic E-state index is 0.542. The van der Waals surface area contributed by atoms with Crippen molar-refractivity contribution in [3.05, 3.63) is 391 Å². The Morgan fingerprint density at radius 3 is 1.51 bits per heavy atom.